The number of rotatable bonds is 3. The van der Waals surface area contributed by atoms with Gasteiger partial charge in [-0.25, -0.2) is 0 Å². The lowest BCUT2D eigenvalue weighted by Crippen LogP contribution is -1.94. The van der Waals surface area contributed by atoms with Gasteiger partial charge in [-0.3, -0.25) is 0 Å². The third-order valence-electron chi connectivity index (χ3n) is 0.621. The van der Waals surface area contributed by atoms with E-state index in [1.54, 1.807) is 7.11 Å². The van der Waals surface area contributed by atoms with Crippen molar-refractivity contribution in [1.29, 1.82) is 0 Å². The Morgan fingerprint density at radius 1 is 1.88 bits per heavy atom. The number of methoxy groups -OCH3 is 1. The molecule has 0 aromatic rings. The fourth-order valence-corrected chi connectivity index (χ4v) is 0.313. The average molecular weight is 138 g/mol. The minimum Gasteiger partial charge on any atom is -0.410 e. The monoisotopic (exact) mass is 137 g/mol. The molecule has 0 rings (SSSR count). The van der Waals surface area contributed by atoms with Gasteiger partial charge in [-0.15, -0.1) is 0 Å². The van der Waals surface area contributed by atoms with Crippen molar-refractivity contribution in [3.05, 3.63) is 0 Å². The fourth-order valence-electron chi connectivity index (χ4n) is 0.236. The Kier molecular flexibility index (Phi) is 4.70. The highest BCUT2D eigenvalue weighted by Gasteiger charge is 1.90. The van der Waals surface area contributed by atoms with E-state index in [4.69, 9.17) is 16.8 Å². The van der Waals surface area contributed by atoms with Crippen LogP contribution in [0.15, 0.2) is 5.16 Å². The molecular weight excluding hydrogens is 130 g/mol. The van der Waals surface area contributed by atoms with Crippen molar-refractivity contribution >= 4 is 16.8 Å². The maximum Gasteiger partial charge on any atom is 0.147 e. The standard InChI is InChI=1S/C4H8ClNO2/c1-8-3-2-4(5)6-7/h7H,2-3H2,1H3. The quantitative estimate of drug-likeness (QED) is 0.359. The molecule has 0 bridgehead atoms. The number of oxime groups is 1. The highest BCUT2D eigenvalue weighted by Crippen LogP contribution is 1.90. The van der Waals surface area contributed by atoms with Crippen LogP contribution in [0, 0.1) is 0 Å². The first-order valence-corrected chi connectivity index (χ1v) is 2.54. The van der Waals surface area contributed by atoms with Gasteiger partial charge in [0.05, 0.1) is 6.61 Å². The summed E-state index contributed by atoms with van der Waals surface area (Å²) in [6, 6.07) is 0. The van der Waals surface area contributed by atoms with Gasteiger partial charge >= 0.3 is 0 Å². The second kappa shape index (κ2) is 4.87. The molecule has 0 aliphatic carbocycles. The molecule has 8 heavy (non-hydrogen) atoms. The zero-order valence-corrected chi connectivity index (χ0v) is 5.35. The first-order chi connectivity index (χ1) is 3.81. The minimum atomic E-state index is 0.173. The Hall–Kier alpha value is -0.280. The number of halogens is 1. The molecule has 1 N–H and O–H groups in total. The Morgan fingerprint density at radius 3 is 2.88 bits per heavy atom. The second-order valence-electron chi connectivity index (χ2n) is 1.22. The van der Waals surface area contributed by atoms with E-state index in [0.717, 1.165) is 0 Å². The number of ether oxygens (including phenoxy) is 1. The van der Waals surface area contributed by atoms with Crippen molar-refractivity contribution in [2.24, 2.45) is 5.16 Å². The first-order valence-electron chi connectivity index (χ1n) is 2.16. The molecule has 0 saturated heterocycles. The highest BCUT2D eigenvalue weighted by molar-refractivity contribution is 6.65. The van der Waals surface area contributed by atoms with Gasteiger partial charge in [-0.05, 0) is 0 Å². The van der Waals surface area contributed by atoms with Gasteiger partial charge in [0.2, 0.25) is 0 Å². The Morgan fingerprint density at radius 2 is 2.50 bits per heavy atom. The van der Waals surface area contributed by atoms with E-state index in [1.165, 1.54) is 0 Å². The number of hydrogen-bond donors (Lipinski definition) is 1. The van der Waals surface area contributed by atoms with Gasteiger partial charge in [-0.2, -0.15) is 0 Å². The molecule has 0 aromatic heterocycles. The summed E-state index contributed by atoms with van der Waals surface area (Å²) < 4.78 is 4.64. The van der Waals surface area contributed by atoms with Crippen LogP contribution in [0.25, 0.3) is 0 Å². The van der Waals surface area contributed by atoms with Gasteiger partial charge in [0.25, 0.3) is 0 Å². The van der Waals surface area contributed by atoms with Gasteiger partial charge < -0.3 is 9.94 Å². The summed E-state index contributed by atoms with van der Waals surface area (Å²) in [4.78, 5) is 0. The molecule has 0 unspecified atom stereocenters. The Labute approximate surface area is 52.9 Å². The van der Waals surface area contributed by atoms with E-state index in [-0.39, 0.29) is 5.17 Å². The van der Waals surface area contributed by atoms with Crippen molar-refractivity contribution in [2.45, 2.75) is 6.42 Å². The highest BCUT2D eigenvalue weighted by atomic mass is 35.5. The van der Waals surface area contributed by atoms with Crippen molar-refractivity contribution in [3.8, 4) is 0 Å². The van der Waals surface area contributed by atoms with Crippen LogP contribution < -0.4 is 0 Å². The molecule has 0 aliphatic heterocycles. The Balaban J connectivity index is 3.12. The summed E-state index contributed by atoms with van der Waals surface area (Å²) >= 11 is 5.26. The summed E-state index contributed by atoms with van der Waals surface area (Å²) in [6.07, 6.45) is 0.467. The molecule has 0 fully saturated rings. The molecule has 0 amide bonds. The average Bonchev–Trinajstić information content (AvgIpc) is 1.83. The van der Waals surface area contributed by atoms with Crippen LogP contribution in [0.3, 0.4) is 0 Å². The lowest BCUT2D eigenvalue weighted by atomic mass is 10.5. The molecule has 0 aliphatic rings. The van der Waals surface area contributed by atoms with Crippen LogP contribution in [0.4, 0.5) is 0 Å². The van der Waals surface area contributed by atoms with Gasteiger partial charge in [0.15, 0.2) is 0 Å². The maximum atomic E-state index is 7.96. The van der Waals surface area contributed by atoms with Gasteiger partial charge in [0.1, 0.15) is 5.17 Å². The largest absolute Gasteiger partial charge is 0.410 e. The number of nitrogens with zero attached hydrogens (tertiary/aromatic N) is 1. The molecule has 4 heteroatoms. The second-order valence-corrected chi connectivity index (χ2v) is 1.66. The van der Waals surface area contributed by atoms with E-state index >= 15 is 0 Å². The zero-order valence-electron chi connectivity index (χ0n) is 4.59. The summed E-state index contributed by atoms with van der Waals surface area (Å²) in [5.74, 6) is 0. The normalized spacial score (nSPS) is 12.0. The molecule has 0 heterocycles. The van der Waals surface area contributed by atoms with Crippen LogP contribution in [0.5, 0.6) is 0 Å². The van der Waals surface area contributed by atoms with Crippen molar-refractivity contribution < 1.29 is 9.94 Å². The smallest absolute Gasteiger partial charge is 0.147 e. The predicted octanol–water partition coefficient (Wildman–Crippen LogP) is 1.05. The summed E-state index contributed by atoms with van der Waals surface area (Å²) in [5.41, 5.74) is 0. The SMILES string of the molecule is COCCC(Cl)=NO. The molecule has 0 spiro atoms. The summed E-state index contributed by atoms with van der Waals surface area (Å²) in [7, 11) is 1.56. The van der Waals surface area contributed by atoms with Crippen LogP contribution in [-0.2, 0) is 4.74 Å². The molecule has 3 nitrogen and oxygen atoms in total. The zero-order chi connectivity index (χ0) is 6.41. The van der Waals surface area contributed by atoms with Crippen LogP contribution >= 0.6 is 11.6 Å². The molecule has 0 radical (unpaired) electrons. The van der Waals surface area contributed by atoms with E-state index < -0.39 is 0 Å². The molecular formula is C4H8ClNO2. The van der Waals surface area contributed by atoms with E-state index in [1.807, 2.05) is 0 Å². The topological polar surface area (TPSA) is 41.8 Å². The van der Waals surface area contributed by atoms with Crippen molar-refractivity contribution in [3.63, 3.8) is 0 Å². The summed E-state index contributed by atoms with van der Waals surface area (Å²) in [6.45, 7) is 0.489. The molecule has 0 atom stereocenters. The molecule has 0 aromatic carbocycles. The van der Waals surface area contributed by atoms with Gasteiger partial charge in [0, 0.05) is 13.5 Å². The van der Waals surface area contributed by atoms with Gasteiger partial charge in [-0.1, -0.05) is 16.8 Å². The van der Waals surface area contributed by atoms with Crippen LogP contribution in [0.1, 0.15) is 6.42 Å². The maximum absolute atomic E-state index is 7.96. The van der Waals surface area contributed by atoms with E-state index in [2.05, 4.69) is 9.89 Å². The van der Waals surface area contributed by atoms with E-state index in [0.29, 0.717) is 13.0 Å². The minimum absolute atomic E-state index is 0.173. The van der Waals surface area contributed by atoms with Crippen molar-refractivity contribution in [2.75, 3.05) is 13.7 Å². The third kappa shape index (κ3) is 3.89. The predicted molar refractivity (Wildman–Crippen MR) is 31.6 cm³/mol. The van der Waals surface area contributed by atoms with Crippen molar-refractivity contribution in [1.82, 2.24) is 0 Å². The fraction of sp³-hybridized carbons (Fsp3) is 0.750. The Bertz CT molecular complexity index is 84.1. The van der Waals surface area contributed by atoms with Crippen LogP contribution in [0.2, 0.25) is 0 Å². The summed E-state index contributed by atoms with van der Waals surface area (Å²) in [5, 5.41) is 10.9. The number of hydrogen-bond acceptors (Lipinski definition) is 3. The molecule has 48 valence electrons. The molecule has 0 saturated carbocycles. The van der Waals surface area contributed by atoms with E-state index in [9.17, 15) is 0 Å². The lowest BCUT2D eigenvalue weighted by molar-refractivity contribution is 0.206. The third-order valence-corrected chi connectivity index (χ3v) is 0.886. The first kappa shape index (κ1) is 7.72. The lowest BCUT2D eigenvalue weighted by Gasteiger charge is -1.91. The van der Waals surface area contributed by atoms with Crippen LogP contribution in [-0.4, -0.2) is 24.1 Å².